The third kappa shape index (κ3) is 2.83. The lowest BCUT2D eigenvalue weighted by atomic mass is 10.2. The number of anilines is 1. The number of H-pyrrole nitrogens is 1. The predicted molar refractivity (Wildman–Crippen MR) is 83.4 cm³/mol. The number of aromatic amines is 1. The SMILES string of the molecule is O=S(=O)(Nc1cccc2[nH]ncc12)c1cc(Cl)cc(Cl)c1. The van der Waals surface area contributed by atoms with Gasteiger partial charge in [-0.1, -0.05) is 29.3 Å². The van der Waals surface area contributed by atoms with Crippen LogP contribution < -0.4 is 4.72 Å². The van der Waals surface area contributed by atoms with E-state index in [1.54, 1.807) is 24.4 Å². The Balaban J connectivity index is 2.05. The van der Waals surface area contributed by atoms with E-state index in [0.717, 1.165) is 5.52 Å². The van der Waals surface area contributed by atoms with E-state index in [1.807, 2.05) is 0 Å². The molecule has 0 spiro atoms. The average molecular weight is 342 g/mol. The van der Waals surface area contributed by atoms with Crippen LogP contribution in [0.15, 0.2) is 47.5 Å². The van der Waals surface area contributed by atoms with Gasteiger partial charge in [0, 0.05) is 15.4 Å². The Morgan fingerprint density at radius 3 is 2.52 bits per heavy atom. The van der Waals surface area contributed by atoms with E-state index in [2.05, 4.69) is 14.9 Å². The molecule has 8 heteroatoms. The second-order valence-electron chi connectivity index (χ2n) is 4.35. The molecule has 0 saturated heterocycles. The summed E-state index contributed by atoms with van der Waals surface area (Å²) in [7, 11) is -3.79. The number of nitrogens with one attached hydrogen (secondary N) is 2. The van der Waals surface area contributed by atoms with Gasteiger partial charge in [-0.25, -0.2) is 8.42 Å². The molecular weight excluding hydrogens is 333 g/mol. The van der Waals surface area contributed by atoms with E-state index in [-0.39, 0.29) is 14.9 Å². The molecule has 1 heterocycles. The molecule has 0 fully saturated rings. The molecule has 0 radical (unpaired) electrons. The van der Waals surface area contributed by atoms with Crippen molar-refractivity contribution >= 4 is 49.8 Å². The third-order valence-electron chi connectivity index (χ3n) is 2.88. The fourth-order valence-corrected chi connectivity index (χ4v) is 3.75. The number of sulfonamides is 1. The Morgan fingerprint density at radius 2 is 1.81 bits per heavy atom. The van der Waals surface area contributed by atoms with Crippen LogP contribution in [-0.2, 0) is 10.0 Å². The molecule has 108 valence electrons. The van der Waals surface area contributed by atoms with Crippen molar-refractivity contribution in [1.29, 1.82) is 0 Å². The van der Waals surface area contributed by atoms with Crippen LogP contribution in [0.5, 0.6) is 0 Å². The molecule has 0 aliphatic carbocycles. The molecule has 2 N–H and O–H groups in total. The lowest BCUT2D eigenvalue weighted by Crippen LogP contribution is -2.13. The van der Waals surface area contributed by atoms with E-state index >= 15 is 0 Å². The Bertz CT molecular complexity index is 902. The monoisotopic (exact) mass is 341 g/mol. The minimum Gasteiger partial charge on any atom is -0.279 e. The quantitative estimate of drug-likeness (QED) is 0.763. The van der Waals surface area contributed by atoms with Gasteiger partial charge in [0.25, 0.3) is 10.0 Å². The Morgan fingerprint density at radius 1 is 1.10 bits per heavy atom. The second kappa shape index (κ2) is 5.22. The van der Waals surface area contributed by atoms with E-state index < -0.39 is 10.0 Å². The normalized spacial score (nSPS) is 11.7. The minimum atomic E-state index is -3.79. The lowest BCUT2D eigenvalue weighted by Gasteiger charge is -2.09. The van der Waals surface area contributed by atoms with Crippen molar-refractivity contribution in [1.82, 2.24) is 10.2 Å². The van der Waals surface area contributed by atoms with Gasteiger partial charge < -0.3 is 0 Å². The summed E-state index contributed by atoms with van der Waals surface area (Å²) in [6.45, 7) is 0. The van der Waals surface area contributed by atoms with Crippen LogP contribution in [0.1, 0.15) is 0 Å². The van der Waals surface area contributed by atoms with Gasteiger partial charge in [-0.2, -0.15) is 5.10 Å². The molecule has 0 aliphatic heterocycles. The smallest absolute Gasteiger partial charge is 0.262 e. The van der Waals surface area contributed by atoms with Crippen molar-refractivity contribution in [3.8, 4) is 0 Å². The van der Waals surface area contributed by atoms with Gasteiger partial charge in [0.2, 0.25) is 0 Å². The average Bonchev–Trinajstić information content (AvgIpc) is 2.86. The molecule has 0 bridgehead atoms. The largest absolute Gasteiger partial charge is 0.279 e. The summed E-state index contributed by atoms with van der Waals surface area (Å²) in [6, 6.07) is 9.33. The first-order chi connectivity index (χ1) is 9.95. The van der Waals surface area contributed by atoms with Crippen molar-refractivity contribution in [3.05, 3.63) is 52.6 Å². The molecule has 2 aromatic carbocycles. The number of aromatic nitrogens is 2. The van der Waals surface area contributed by atoms with Gasteiger partial charge >= 0.3 is 0 Å². The van der Waals surface area contributed by atoms with Gasteiger partial charge in [0.15, 0.2) is 0 Å². The number of halogens is 2. The standard InChI is InChI=1S/C13H9Cl2N3O2S/c14-8-4-9(15)6-10(5-8)21(19,20)18-13-3-1-2-12-11(13)7-16-17-12/h1-7,18H,(H,16,17). The van der Waals surface area contributed by atoms with E-state index in [9.17, 15) is 8.42 Å². The summed E-state index contributed by atoms with van der Waals surface area (Å²) < 4.78 is 27.3. The summed E-state index contributed by atoms with van der Waals surface area (Å²) in [6.07, 6.45) is 1.55. The fourth-order valence-electron chi connectivity index (χ4n) is 1.94. The number of benzene rings is 2. The molecule has 3 aromatic rings. The number of nitrogens with zero attached hydrogens (tertiary/aromatic N) is 1. The summed E-state index contributed by atoms with van der Waals surface area (Å²) >= 11 is 11.7. The molecule has 5 nitrogen and oxygen atoms in total. The van der Waals surface area contributed by atoms with Crippen molar-refractivity contribution in [3.63, 3.8) is 0 Å². The number of rotatable bonds is 3. The molecule has 0 amide bonds. The number of fused-ring (bicyclic) bond motifs is 1. The van der Waals surface area contributed by atoms with Crippen LogP contribution in [0.3, 0.4) is 0 Å². The van der Waals surface area contributed by atoms with Crippen LogP contribution in [0.25, 0.3) is 10.9 Å². The maximum absolute atomic E-state index is 12.4. The van der Waals surface area contributed by atoms with E-state index in [1.165, 1.54) is 18.2 Å². The zero-order valence-electron chi connectivity index (χ0n) is 10.5. The highest BCUT2D eigenvalue weighted by Gasteiger charge is 2.17. The maximum Gasteiger partial charge on any atom is 0.262 e. The van der Waals surface area contributed by atoms with E-state index in [4.69, 9.17) is 23.2 Å². The molecule has 0 atom stereocenters. The molecule has 1 aromatic heterocycles. The number of hydrogen-bond acceptors (Lipinski definition) is 3. The molecule has 0 aliphatic rings. The van der Waals surface area contributed by atoms with Crippen LogP contribution in [0.4, 0.5) is 5.69 Å². The van der Waals surface area contributed by atoms with Crippen molar-refractivity contribution in [2.45, 2.75) is 4.90 Å². The molecule has 0 saturated carbocycles. The van der Waals surface area contributed by atoms with Crippen molar-refractivity contribution in [2.24, 2.45) is 0 Å². The summed E-state index contributed by atoms with van der Waals surface area (Å²) in [5.74, 6) is 0. The fraction of sp³-hybridized carbons (Fsp3) is 0. The highest BCUT2D eigenvalue weighted by atomic mass is 35.5. The summed E-state index contributed by atoms with van der Waals surface area (Å²) in [4.78, 5) is 0.000461. The Hall–Kier alpha value is -1.76. The zero-order chi connectivity index (χ0) is 15.0. The van der Waals surface area contributed by atoms with Crippen molar-refractivity contribution < 1.29 is 8.42 Å². The zero-order valence-corrected chi connectivity index (χ0v) is 12.8. The van der Waals surface area contributed by atoms with Crippen LogP contribution >= 0.6 is 23.2 Å². The summed E-state index contributed by atoms with van der Waals surface area (Å²) in [5, 5.41) is 7.85. The van der Waals surface area contributed by atoms with Crippen LogP contribution in [0, 0.1) is 0 Å². The van der Waals surface area contributed by atoms with Gasteiger partial charge in [-0.3, -0.25) is 9.82 Å². The highest BCUT2D eigenvalue weighted by molar-refractivity contribution is 7.92. The number of hydrogen-bond donors (Lipinski definition) is 2. The Labute approximate surface area is 130 Å². The highest BCUT2D eigenvalue weighted by Crippen LogP contribution is 2.27. The van der Waals surface area contributed by atoms with Crippen LogP contribution in [0.2, 0.25) is 10.0 Å². The minimum absolute atomic E-state index is 0.000461. The van der Waals surface area contributed by atoms with Crippen LogP contribution in [-0.4, -0.2) is 18.6 Å². The third-order valence-corrected chi connectivity index (χ3v) is 4.66. The van der Waals surface area contributed by atoms with Gasteiger partial charge in [0.1, 0.15) is 0 Å². The second-order valence-corrected chi connectivity index (χ2v) is 6.90. The van der Waals surface area contributed by atoms with Gasteiger partial charge in [-0.15, -0.1) is 0 Å². The molecule has 3 rings (SSSR count). The Kier molecular flexibility index (Phi) is 3.52. The van der Waals surface area contributed by atoms with E-state index in [0.29, 0.717) is 11.1 Å². The first kappa shape index (κ1) is 14.2. The first-order valence-corrected chi connectivity index (χ1v) is 8.11. The maximum atomic E-state index is 12.4. The topological polar surface area (TPSA) is 74.8 Å². The molecular formula is C13H9Cl2N3O2S. The first-order valence-electron chi connectivity index (χ1n) is 5.87. The van der Waals surface area contributed by atoms with Gasteiger partial charge in [0.05, 0.1) is 22.3 Å². The van der Waals surface area contributed by atoms with Gasteiger partial charge in [-0.05, 0) is 30.3 Å². The lowest BCUT2D eigenvalue weighted by molar-refractivity contribution is 0.601. The molecule has 21 heavy (non-hydrogen) atoms. The van der Waals surface area contributed by atoms with Crippen molar-refractivity contribution in [2.75, 3.05) is 4.72 Å². The predicted octanol–water partition coefficient (Wildman–Crippen LogP) is 3.67. The molecule has 0 unspecified atom stereocenters. The summed E-state index contributed by atoms with van der Waals surface area (Å²) in [5.41, 5.74) is 1.16.